The van der Waals surface area contributed by atoms with Crippen molar-refractivity contribution in [1.29, 1.82) is 0 Å². The van der Waals surface area contributed by atoms with Crippen molar-refractivity contribution in [2.24, 2.45) is 0 Å². The highest BCUT2D eigenvalue weighted by atomic mass is 32.2. The summed E-state index contributed by atoms with van der Waals surface area (Å²) < 4.78 is 55.2. The summed E-state index contributed by atoms with van der Waals surface area (Å²) in [6.45, 7) is 3.51. The van der Waals surface area contributed by atoms with Gasteiger partial charge in [-0.05, 0) is 50.8 Å². The molecule has 2 unspecified atom stereocenters. The molecule has 2 saturated heterocycles. The lowest BCUT2D eigenvalue weighted by Crippen LogP contribution is -2.52. The van der Waals surface area contributed by atoms with E-state index in [4.69, 9.17) is 9.97 Å². The average molecular weight is 508 g/mol. The Hall–Kier alpha value is -2.35. The Morgan fingerprint density at radius 1 is 1.18 bits per heavy atom. The van der Waals surface area contributed by atoms with E-state index in [1.807, 2.05) is 6.92 Å². The molecule has 1 aromatic carbocycles. The fourth-order valence-electron chi connectivity index (χ4n) is 4.74. The summed E-state index contributed by atoms with van der Waals surface area (Å²) in [4.78, 5) is 11.8. The van der Waals surface area contributed by atoms with Crippen molar-refractivity contribution in [1.82, 2.24) is 30.2 Å². The van der Waals surface area contributed by atoms with Crippen LogP contribution in [-0.4, -0.2) is 59.3 Å². The topological polar surface area (TPSA) is 113 Å². The van der Waals surface area contributed by atoms with Crippen molar-refractivity contribution >= 4 is 38.2 Å². The predicted octanol–water partition coefficient (Wildman–Crippen LogP) is 2.86. The third kappa shape index (κ3) is 3.84. The summed E-state index contributed by atoms with van der Waals surface area (Å²) in [5, 5.41) is 11.2. The van der Waals surface area contributed by atoms with Crippen LogP contribution in [0.1, 0.15) is 44.0 Å². The van der Waals surface area contributed by atoms with Crippen LogP contribution in [0.5, 0.6) is 0 Å². The quantitative estimate of drug-likeness (QED) is 0.524. The molecule has 2 N–H and O–H groups in total. The molecule has 1 aliphatic carbocycles. The molecule has 6 rings (SSSR count). The first-order chi connectivity index (χ1) is 16.2. The maximum atomic E-state index is 13.2. The molecular formula is C21H23F2N7O2S2. The zero-order valence-electron chi connectivity index (χ0n) is 18.3. The molecule has 180 valence electrons. The molecule has 0 radical (unpaired) electrons. The Bertz CT molecular complexity index is 1360. The molecule has 3 aromatic rings. The maximum Gasteiger partial charge on any atom is 0.291 e. The molecule has 2 aliphatic heterocycles. The van der Waals surface area contributed by atoms with Crippen LogP contribution < -0.4 is 14.9 Å². The lowest BCUT2D eigenvalue weighted by atomic mass is 10.2. The lowest BCUT2D eigenvalue weighted by molar-refractivity contribution is 0.150. The number of fused-ring (bicyclic) bond motifs is 3. The van der Waals surface area contributed by atoms with E-state index in [1.165, 1.54) is 12.1 Å². The number of anilines is 1. The lowest BCUT2D eigenvalue weighted by Gasteiger charge is -2.35. The SMILES string of the molecule is CC1(NS(=O)(=O)c2ccc3nc(N4C5CCC4CNC5)nc(-c4nnc(C(F)F)s4)c3c2)CC1. The number of nitrogens with zero attached hydrogens (tertiary/aromatic N) is 5. The molecule has 4 heterocycles. The minimum absolute atomic E-state index is 0.0755. The van der Waals surface area contributed by atoms with E-state index >= 15 is 0 Å². The number of rotatable bonds is 6. The summed E-state index contributed by atoms with van der Waals surface area (Å²) in [6, 6.07) is 5.16. The van der Waals surface area contributed by atoms with Gasteiger partial charge >= 0.3 is 0 Å². The van der Waals surface area contributed by atoms with Crippen LogP contribution in [0.25, 0.3) is 21.6 Å². The molecule has 9 nitrogen and oxygen atoms in total. The fourth-order valence-corrected chi connectivity index (χ4v) is 6.93. The first-order valence-electron chi connectivity index (χ1n) is 11.2. The first kappa shape index (κ1) is 22.1. The maximum absolute atomic E-state index is 13.2. The molecule has 3 aliphatic rings. The Labute approximate surface area is 199 Å². The molecule has 34 heavy (non-hydrogen) atoms. The van der Waals surface area contributed by atoms with Gasteiger partial charge in [0.25, 0.3) is 6.43 Å². The zero-order chi connectivity index (χ0) is 23.7. The van der Waals surface area contributed by atoms with Gasteiger partial charge in [0.1, 0.15) is 5.69 Å². The number of aromatic nitrogens is 4. The highest BCUT2D eigenvalue weighted by Crippen LogP contribution is 2.38. The number of hydrogen-bond donors (Lipinski definition) is 2. The molecule has 0 amide bonds. The van der Waals surface area contributed by atoms with Gasteiger partial charge in [-0.25, -0.2) is 31.9 Å². The van der Waals surface area contributed by atoms with Gasteiger partial charge in [-0.3, -0.25) is 0 Å². The fraction of sp³-hybridized carbons (Fsp3) is 0.524. The Morgan fingerprint density at radius 2 is 1.91 bits per heavy atom. The molecule has 2 aromatic heterocycles. The molecule has 13 heteroatoms. The average Bonchev–Trinajstić information content (AvgIpc) is 3.21. The van der Waals surface area contributed by atoms with Gasteiger partial charge in [-0.15, -0.1) is 10.2 Å². The van der Waals surface area contributed by atoms with Gasteiger partial charge in [0.2, 0.25) is 16.0 Å². The van der Waals surface area contributed by atoms with Gasteiger partial charge in [0.05, 0.1) is 10.4 Å². The number of hydrogen-bond acceptors (Lipinski definition) is 9. The van der Waals surface area contributed by atoms with Gasteiger partial charge in [0.15, 0.2) is 10.0 Å². The molecule has 1 saturated carbocycles. The van der Waals surface area contributed by atoms with Crippen LogP contribution in [0, 0.1) is 0 Å². The molecule has 0 spiro atoms. The summed E-state index contributed by atoms with van der Waals surface area (Å²) in [5.74, 6) is 0.504. The number of alkyl halides is 2. The summed E-state index contributed by atoms with van der Waals surface area (Å²) in [7, 11) is -3.77. The van der Waals surface area contributed by atoms with Crippen LogP contribution in [0.4, 0.5) is 14.7 Å². The van der Waals surface area contributed by atoms with Crippen LogP contribution >= 0.6 is 11.3 Å². The van der Waals surface area contributed by atoms with E-state index in [9.17, 15) is 17.2 Å². The third-order valence-corrected chi connectivity index (χ3v) is 9.36. The minimum atomic E-state index is -3.77. The number of nitrogens with one attached hydrogen (secondary N) is 2. The highest BCUT2D eigenvalue weighted by molar-refractivity contribution is 7.89. The first-order valence-corrected chi connectivity index (χ1v) is 13.5. The zero-order valence-corrected chi connectivity index (χ0v) is 20.0. The smallest absolute Gasteiger partial charge is 0.291 e. The highest BCUT2D eigenvalue weighted by Gasteiger charge is 2.42. The second-order valence-corrected chi connectivity index (χ2v) is 12.1. The van der Waals surface area contributed by atoms with Gasteiger partial charge in [-0.2, -0.15) is 0 Å². The molecular weight excluding hydrogens is 484 g/mol. The Balaban J connectivity index is 1.50. The van der Waals surface area contributed by atoms with E-state index < -0.39 is 27.0 Å². The van der Waals surface area contributed by atoms with E-state index in [0.717, 1.165) is 50.1 Å². The van der Waals surface area contributed by atoms with Crippen molar-refractivity contribution in [2.45, 2.75) is 61.6 Å². The van der Waals surface area contributed by atoms with Crippen LogP contribution in [0.3, 0.4) is 0 Å². The van der Waals surface area contributed by atoms with Crippen LogP contribution in [-0.2, 0) is 10.0 Å². The Morgan fingerprint density at radius 3 is 2.56 bits per heavy atom. The summed E-state index contributed by atoms with van der Waals surface area (Å²) in [5.41, 5.74) is 0.421. The van der Waals surface area contributed by atoms with Crippen LogP contribution in [0.15, 0.2) is 23.1 Å². The summed E-state index contributed by atoms with van der Waals surface area (Å²) >= 11 is 0.756. The van der Waals surface area contributed by atoms with Crippen LogP contribution in [0.2, 0.25) is 0 Å². The Kier molecular flexibility index (Phi) is 5.10. The van der Waals surface area contributed by atoms with Crippen molar-refractivity contribution in [3.63, 3.8) is 0 Å². The monoisotopic (exact) mass is 507 g/mol. The standard InChI is InChI=1S/C21H23F2N7O2S2/c1-21(6-7-21)29-34(31,32)13-4-5-15-14(8-13)16(18-27-28-19(33-18)17(22)23)26-20(25-15)30-11-2-3-12(30)10-24-9-11/h4-5,8,11-12,17,24,29H,2-3,6-7,9-10H2,1H3. The van der Waals surface area contributed by atoms with Crippen molar-refractivity contribution in [3.8, 4) is 10.7 Å². The van der Waals surface area contributed by atoms with Crippen molar-refractivity contribution in [3.05, 3.63) is 23.2 Å². The second-order valence-electron chi connectivity index (χ2n) is 9.41. The molecule has 2 bridgehead atoms. The van der Waals surface area contributed by atoms with E-state index in [0.29, 0.717) is 22.5 Å². The molecule has 2 atom stereocenters. The van der Waals surface area contributed by atoms with Gasteiger partial charge in [0, 0.05) is 36.1 Å². The second kappa shape index (κ2) is 7.83. The van der Waals surface area contributed by atoms with E-state index in [-0.39, 0.29) is 22.0 Å². The van der Waals surface area contributed by atoms with Gasteiger partial charge < -0.3 is 10.2 Å². The van der Waals surface area contributed by atoms with E-state index in [1.54, 1.807) is 6.07 Å². The van der Waals surface area contributed by atoms with Gasteiger partial charge in [-0.1, -0.05) is 11.3 Å². The van der Waals surface area contributed by atoms with Crippen molar-refractivity contribution < 1.29 is 17.2 Å². The third-order valence-electron chi connectivity index (χ3n) is 6.79. The van der Waals surface area contributed by atoms with Crippen molar-refractivity contribution in [2.75, 3.05) is 18.0 Å². The largest absolute Gasteiger partial charge is 0.332 e. The normalized spacial score (nSPS) is 23.7. The predicted molar refractivity (Wildman–Crippen MR) is 124 cm³/mol. The number of sulfonamides is 1. The number of benzene rings is 1. The summed E-state index contributed by atoms with van der Waals surface area (Å²) in [6.07, 6.45) is 0.855. The molecule has 3 fully saturated rings. The number of halogens is 2. The number of piperazine rings is 1. The minimum Gasteiger partial charge on any atom is -0.332 e. The van der Waals surface area contributed by atoms with E-state index in [2.05, 4.69) is 25.1 Å².